The standard InChI is InChI=1S/C21H32N4O2/c1-4-27-19-11-15(5-6-18(19)26-3)14-25-9-7-16(8-10-25)21(2)12-17(22)13-24-20(21)23/h5-6,11-13,16,20H,4,7-10,14,22-23H2,1-3H3. The summed E-state index contributed by atoms with van der Waals surface area (Å²) in [6, 6.07) is 6.19. The Balaban J connectivity index is 1.62. The van der Waals surface area contributed by atoms with Crippen molar-refractivity contribution in [2.75, 3.05) is 26.8 Å². The summed E-state index contributed by atoms with van der Waals surface area (Å²) in [6.07, 6.45) is 5.77. The van der Waals surface area contributed by atoms with Crippen LogP contribution in [-0.2, 0) is 6.54 Å². The summed E-state index contributed by atoms with van der Waals surface area (Å²) in [7, 11) is 1.67. The van der Waals surface area contributed by atoms with E-state index in [1.807, 2.05) is 13.0 Å². The first-order valence-electron chi connectivity index (χ1n) is 9.75. The highest BCUT2D eigenvalue weighted by Gasteiger charge is 2.40. The number of benzene rings is 1. The van der Waals surface area contributed by atoms with E-state index in [-0.39, 0.29) is 11.6 Å². The normalized spacial score (nSPS) is 26.7. The maximum atomic E-state index is 6.30. The van der Waals surface area contributed by atoms with Crippen LogP contribution in [0.3, 0.4) is 0 Å². The van der Waals surface area contributed by atoms with Gasteiger partial charge >= 0.3 is 0 Å². The van der Waals surface area contributed by atoms with E-state index < -0.39 is 0 Å². The number of nitrogens with zero attached hydrogens (tertiary/aromatic N) is 2. The Morgan fingerprint density at radius 2 is 2.00 bits per heavy atom. The van der Waals surface area contributed by atoms with E-state index >= 15 is 0 Å². The summed E-state index contributed by atoms with van der Waals surface area (Å²) in [5.41, 5.74) is 14.1. The summed E-state index contributed by atoms with van der Waals surface area (Å²) in [6.45, 7) is 7.80. The van der Waals surface area contributed by atoms with E-state index in [1.54, 1.807) is 13.3 Å². The summed E-state index contributed by atoms with van der Waals surface area (Å²) in [5, 5.41) is 0. The van der Waals surface area contributed by atoms with Crippen LogP contribution < -0.4 is 20.9 Å². The summed E-state index contributed by atoms with van der Waals surface area (Å²) >= 11 is 0. The zero-order chi connectivity index (χ0) is 19.4. The van der Waals surface area contributed by atoms with Crippen LogP contribution >= 0.6 is 0 Å². The fourth-order valence-electron chi connectivity index (χ4n) is 4.23. The Labute approximate surface area is 162 Å². The number of likely N-dealkylation sites (tertiary alicyclic amines) is 1. The molecule has 2 aliphatic heterocycles. The topological polar surface area (TPSA) is 86.1 Å². The van der Waals surface area contributed by atoms with Gasteiger partial charge < -0.3 is 20.9 Å². The zero-order valence-electron chi connectivity index (χ0n) is 16.6. The SMILES string of the molecule is CCOc1cc(CN2CCC(C3(C)C=C(N)C=NC3N)CC2)ccc1OC. The molecule has 0 aromatic heterocycles. The van der Waals surface area contributed by atoms with Gasteiger partial charge in [-0.2, -0.15) is 0 Å². The van der Waals surface area contributed by atoms with Gasteiger partial charge in [-0.1, -0.05) is 19.1 Å². The van der Waals surface area contributed by atoms with Crippen molar-refractivity contribution < 1.29 is 9.47 Å². The van der Waals surface area contributed by atoms with Crippen LogP contribution in [0.5, 0.6) is 11.5 Å². The third-order valence-electron chi connectivity index (χ3n) is 5.90. The van der Waals surface area contributed by atoms with Crippen LogP contribution in [0, 0.1) is 11.3 Å². The Morgan fingerprint density at radius 3 is 2.67 bits per heavy atom. The average molecular weight is 373 g/mol. The second-order valence-corrected chi connectivity index (χ2v) is 7.70. The van der Waals surface area contributed by atoms with E-state index in [2.05, 4.69) is 35.0 Å². The molecule has 0 radical (unpaired) electrons. The molecule has 0 spiro atoms. The second kappa shape index (κ2) is 8.31. The molecule has 2 heterocycles. The largest absolute Gasteiger partial charge is 0.493 e. The Hall–Kier alpha value is -2.05. The lowest BCUT2D eigenvalue weighted by atomic mass is 9.69. The number of dihydropyridines is 1. The first-order valence-corrected chi connectivity index (χ1v) is 9.75. The molecule has 1 aromatic carbocycles. The predicted molar refractivity (Wildman–Crippen MR) is 109 cm³/mol. The lowest BCUT2D eigenvalue weighted by Crippen LogP contribution is -2.48. The monoisotopic (exact) mass is 372 g/mol. The Kier molecular flexibility index (Phi) is 6.07. The number of nitrogens with two attached hydrogens (primary N) is 2. The number of hydrogen-bond donors (Lipinski definition) is 2. The van der Waals surface area contributed by atoms with E-state index in [0.717, 1.165) is 49.7 Å². The maximum Gasteiger partial charge on any atom is 0.161 e. The van der Waals surface area contributed by atoms with Gasteiger partial charge in [0.05, 0.1) is 13.7 Å². The van der Waals surface area contributed by atoms with Gasteiger partial charge in [-0.05, 0) is 56.5 Å². The minimum atomic E-state index is -0.211. The number of rotatable bonds is 6. The van der Waals surface area contributed by atoms with E-state index in [9.17, 15) is 0 Å². The van der Waals surface area contributed by atoms with Gasteiger partial charge in [0.1, 0.15) is 6.17 Å². The van der Waals surface area contributed by atoms with Crippen molar-refractivity contribution in [3.8, 4) is 11.5 Å². The number of methoxy groups -OCH3 is 1. The Morgan fingerprint density at radius 1 is 1.26 bits per heavy atom. The molecule has 6 nitrogen and oxygen atoms in total. The fraction of sp³-hybridized carbons (Fsp3) is 0.571. The van der Waals surface area contributed by atoms with Crippen LogP contribution in [-0.4, -0.2) is 44.1 Å². The fourth-order valence-corrected chi connectivity index (χ4v) is 4.23. The molecule has 0 aliphatic carbocycles. The lowest BCUT2D eigenvalue weighted by molar-refractivity contribution is 0.0973. The summed E-state index contributed by atoms with van der Waals surface area (Å²) < 4.78 is 11.1. The van der Waals surface area contributed by atoms with Crippen molar-refractivity contribution in [2.24, 2.45) is 27.8 Å². The van der Waals surface area contributed by atoms with Gasteiger partial charge in [-0.3, -0.25) is 9.89 Å². The summed E-state index contributed by atoms with van der Waals surface area (Å²) in [5.74, 6) is 2.09. The quantitative estimate of drug-likeness (QED) is 0.801. The van der Waals surface area contributed by atoms with Gasteiger partial charge in [0, 0.05) is 23.9 Å². The van der Waals surface area contributed by atoms with Gasteiger partial charge in [-0.25, -0.2) is 0 Å². The van der Waals surface area contributed by atoms with Crippen molar-refractivity contribution >= 4 is 6.21 Å². The molecule has 6 heteroatoms. The minimum Gasteiger partial charge on any atom is -0.493 e. The molecule has 0 bridgehead atoms. The molecule has 1 aromatic rings. The molecule has 1 fully saturated rings. The van der Waals surface area contributed by atoms with Crippen LogP contribution in [0.15, 0.2) is 35.0 Å². The molecule has 2 atom stereocenters. The van der Waals surface area contributed by atoms with Gasteiger partial charge in [0.2, 0.25) is 0 Å². The van der Waals surface area contributed by atoms with Crippen molar-refractivity contribution in [3.05, 3.63) is 35.5 Å². The van der Waals surface area contributed by atoms with Crippen molar-refractivity contribution in [3.63, 3.8) is 0 Å². The predicted octanol–water partition coefficient (Wildman–Crippen LogP) is 2.52. The molecule has 2 unspecified atom stereocenters. The second-order valence-electron chi connectivity index (χ2n) is 7.70. The maximum absolute atomic E-state index is 6.30. The molecular formula is C21H32N4O2. The third kappa shape index (κ3) is 4.28. The lowest BCUT2D eigenvalue weighted by Gasteiger charge is -2.44. The molecule has 148 valence electrons. The third-order valence-corrected chi connectivity index (χ3v) is 5.90. The molecule has 3 rings (SSSR count). The van der Waals surface area contributed by atoms with Crippen molar-refractivity contribution in [1.82, 2.24) is 4.90 Å². The van der Waals surface area contributed by atoms with Crippen LogP contribution in [0.1, 0.15) is 32.3 Å². The van der Waals surface area contributed by atoms with E-state index in [4.69, 9.17) is 20.9 Å². The first-order chi connectivity index (χ1) is 13.0. The zero-order valence-corrected chi connectivity index (χ0v) is 16.6. The molecule has 1 saturated heterocycles. The molecule has 27 heavy (non-hydrogen) atoms. The number of hydrogen-bond acceptors (Lipinski definition) is 6. The first kappa shape index (κ1) is 19.7. The highest BCUT2D eigenvalue weighted by atomic mass is 16.5. The number of allylic oxidation sites excluding steroid dienone is 1. The van der Waals surface area contributed by atoms with Crippen LogP contribution in [0.25, 0.3) is 0 Å². The molecule has 0 saturated carbocycles. The summed E-state index contributed by atoms with van der Waals surface area (Å²) in [4.78, 5) is 6.88. The van der Waals surface area contributed by atoms with E-state index in [0.29, 0.717) is 12.5 Å². The number of aliphatic imine (C=N–C) groups is 1. The van der Waals surface area contributed by atoms with E-state index in [1.165, 1.54) is 5.56 Å². The van der Waals surface area contributed by atoms with Gasteiger partial charge in [0.15, 0.2) is 11.5 Å². The van der Waals surface area contributed by atoms with Crippen molar-refractivity contribution in [2.45, 2.75) is 39.4 Å². The van der Waals surface area contributed by atoms with Gasteiger partial charge in [0.25, 0.3) is 0 Å². The highest BCUT2D eigenvalue weighted by Crippen LogP contribution is 2.41. The van der Waals surface area contributed by atoms with Crippen molar-refractivity contribution in [1.29, 1.82) is 0 Å². The smallest absolute Gasteiger partial charge is 0.161 e. The van der Waals surface area contributed by atoms with Crippen LogP contribution in [0.4, 0.5) is 0 Å². The molecule has 2 aliphatic rings. The number of piperidine rings is 1. The molecular weight excluding hydrogens is 340 g/mol. The molecule has 0 amide bonds. The number of ether oxygens (including phenoxy) is 2. The minimum absolute atomic E-state index is 0.160. The average Bonchev–Trinajstić information content (AvgIpc) is 2.66. The Bertz CT molecular complexity index is 710. The van der Waals surface area contributed by atoms with Gasteiger partial charge in [-0.15, -0.1) is 0 Å². The van der Waals surface area contributed by atoms with Crippen LogP contribution in [0.2, 0.25) is 0 Å². The highest BCUT2D eigenvalue weighted by molar-refractivity contribution is 5.78. The molecule has 4 N–H and O–H groups in total.